The zero-order valence-electron chi connectivity index (χ0n) is 30.4. The summed E-state index contributed by atoms with van der Waals surface area (Å²) in [7, 11) is 4.25. The average molecular weight is 740 g/mol. The highest BCUT2D eigenvalue weighted by Crippen LogP contribution is 2.32. The number of halogens is 2. The Kier molecular flexibility index (Phi) is 11.3. The molecule has 2 aliphatic rings. The average Bonchev–Trinajstić information content (AvgIpc) is 3.83. The van der Waals surface area contributed by atoms with Gasteiger partial charge in [-0.2, -0.15) is 19.9 Å². The summed E-state index contributed by atoms with van der Waals surface area (Å²) in [5, 5.41) is 2.60. The lowest BCUT2D eigenvalue weighted by molar-refractivity contribution is 0.159. The summed E-state index contributed by atoms with van der Waals surface area (Å²) >= 11 is 12.3. The molecule has 4 atom stereocenters. The molecule has 8 rings (SSSR count). The molecule has 0 saturated carbocycles. The Bertz CT molecular complexity index is 1900. The number of nitrogens with zero attached hydrogens (tertiary/aromatic N) is 8. The Hall–Kier alpha value is -4.22. The molecule has 52 heavy (non-hydrogen) atoms. The first-order valence-electron chi connectivity index (χ1n) is 18.2. The van der Waals surface area contributed by atoms with Gasteiger partial charge in [0.15, 0.2) is 0 Å². The van der Waals surface area contributed by atoms with Crippen molar-refractivity contribution in [3.63, 3.8) is 0 Å². The second kappa shape index (κ2) is 16.2. The molecule has 2 aromatic carbocycles. The number of piperidine rings is 2. The van der Waals surface area contributed by atoms with E-state index in [1.54, 1.807) is 0 Å². The van der Waals surface area contributed by atoms with Crippen molar-refractivity contribution in [1.29, 1.82) is 0 Å². The predicted octanol–water partition coefficient (Wildman–Crippen LogP) is 7.92. The maximum Gasteiger partial charge on any atom is 0.226 e. The number of likely N-dealkylation sites (tertiary alicyclic amines) is 2. The van der Waals surface area contributed by atoms with Crippen molar-refractivity contribution in [2.24, 2.45) is 11.8 Å². The van der Waals surface area contributed by atoms with Crippen molar-refractivity contribution in [3.05, 3.63) is 107 Å². The number of aromatic amines is 2. The molecule has 6 heterocycles. The monoisotopic (exact) mass is 738 g/mol. The van der Waals surface area contributed by atoms with Crippen LogP contribution < -0.4 is 9.80 Å². The molecule has 2 fully saturated rings. The number of hydrogen-bond acceptors (Lipinski definition) is 8. The van der Waals surface area contributed by atoms with E-state index >= 15 is 0 Å². The highest BCUT2D eigenvalue weighted by atomic mass is 35.5. The van der Waals surface area contributed by atoms with Crippen LogP contribution in [0.4, 0.5) is 11.6 Å². The maximum absolute atomic E-state index is 6.16. The smallest absolute Gasteiger partial charge is 0.226 e. The van der Waals surface area contributed by atoms with E-state index in [0.29, 0.717) is 23.9 Å². The van der Waals surface area contributed by atoms with Gasteiger partial charge in [-0.3, -0.25) is 9.80 Å². The van der Waals surface area contributed by atoms with E-state index in [1.807, 2.05) is 24.5 Å². The van der Waals surface area contributed by atoms with E-state index in [9.17, 15) is 0 Å². The molecule has 4 aromatic heterocycles. The van der Waals surface area contributed by atoms with Crippen molar-refractivity contribution < 1.29 is 0 Å². The first-order valence-corrected chi connectivity index (χ1v) is 19.0. The third-order valence-corrected chi connectivity index (χ3v) is 11.2. The fourth-order valence-corrected chi connectivity index (χ4v) is 8.19. The molecule has 0 bridgehead atoms. The highest BCUT2D eigenvalue weighted by molar-refractivity contribution is 6.29. The van der Waals surface area contributed by atoms with Crippen LogP contribution in [0.1, 0.15) is 37.8 Å². The Morgan fingerprint density at radius 1 is 0.615 bits per heavy atom. The van der Waals surface area contributed by atoms with Crippen molar-refractivity contribution >= 4 is 56.9 Å². The molecule has 0 spiro atoms. The van der Waals surface area contributed by atoms with Crippen LogP contribution in [-0.4, -0.2) is 92.1 Å². The molecular formula is C40H48Cl2N10. The van der Waals surface area contributed by atoms with Crippen molar-refractivity contribution in [2.45, 2.75) is 51.9 Å². The summed E-state index contributed by atoms with van der Waals surface area (Å²) in [6.45, 7) is 10.9. The number of rotatable bonds is 8. The molecule has 0 amide bonds. The van der Waals surface area contributed by atoms with Gasteiger partial charge in [-0.05, 0) is 84.2 Å². The van der Waals surface area contributed by atoms with Gasteiger partial charge in [0, 0.05) is 64.8 Å². The zero-order valence-corrected chi connectivity index (χ0v) is 31.9. The summed E-state index contributed by atoms with van der Waals surface area (Å²) in [4.78, 5) is 33.5. The fourth-order valence-electron chi connectivity index (χ4n) is 7.86. The number of hydrogen-bond donors (Lipinski definition) is 2. The topological polar surface area (TPSA) is 96.1 Å². The largest absolute Gasteiger partial charge is 0.354 e. The quantitative estimate of drug-likeness (QED) is 0.152. The minimum Gasteiger partial charge on any atom is -0.354 e. The van der Waals surface area contributed by atoms with Gasteiger partial charge in [0.25, 0.3) is 0 Å². The van der Waals surface area contributed by atoms with E-state index < -0.39 is 0 Å². The van der Waals surface area contributed by atoms with Gasteiger partial charge in [0.2, 0.25) is 10.6 Å². The van der Waals surface area contributed by atoms with E-state index in [-0.39, 0.29) is 10.6 Å². The Balaban J connectivity index is 0.000000162. The molecular weight excluding hydrogens is 691 g/mol. The van der Waals surface area contributed by atoms with E-state index in [2.05, 4.69) is 138 Å². The number of aromatic nitrogens is 6. The van der Waals surface area contributed by atoms with Gasteiger partial charge < -0.3 is 19.8 Å². The first kappa shape index (κ1) is 36.2. The normalized spacial score (nSPS) is 21.2. The van der Waals surface area contributed by atoms with Crippen molar-refractivity contribution in [2.75, 3.05) is 50.1 Å². The molecule has 0 radical (unpaired) electrons. The lowest BCUT2D eigenvalue weighted by Crippen LogP contribution is -2.50. The number of H-pyrrole nitrogens is 2. The van der Waals surface area contributed by atoms with Gasteiger partial charge in [-0.25, -0.2) is 0 Å². The lowest BCUT2D eigenvalue weighted by Gasteiger charge is -2.42. The summed E-state index contributed by atoms with van der Waals surface area (Å²) in [5.74, 6) is 2.99. The van der Waals surface area contributed by atoms with Gasteiger partial charge in [0.1, 0.15) is 22.9 Å². The second-order valence-corrected chi connectivity index (χ2v) is 15.1. The van der Waals surface area contributed by atoms with Crippen LogP contribution in [-0.2, 0) is 13.1 Å². The van der Waals surface area contributed by atoms with Crippen LogP contribution in [0, 0.1) is 11.8 Å². The third-order valence-electron chi connectivity index (χ3n) is 10.9. The summed E-state index contributed by atoms with van der Waals surface area (Å²) in [5.41, 5.74) is 4.30. The van der Waals surface area contributed by atoms with Gasteiger partial charge in [-0.15, -0.1) is 0 Å². The van der Waals surface area contributed by atoms with Gasteiger partial charge >= 0.3 is 0 Å². The lowest BCUT2D eigenvalue weighted by atomic mass is 9.92. The molecule has 2 N–H and O–H groups in total. The SMILES string of the molecule is C[C@@H]1CCN(Cc2ccccc2)C[C@@H]1N(C)c1nc(Cl)nc2[nH]ccc12.C[C@H]1CCN(Cc2ccccc2)C[C@H]1N(C)c1nc(Cl)nc2[nH]ccc12. The van der Waals surface area contributed by atoms with Gasteiger partial charge in [0.05, 0.1) is 10.8 Å². The molecule has 6 aromatic rings. The summed E-state index contributed by atoms with van der Waals surface area (Å²) in [6.07, 6.45) is 6.13. The minimum atomic E-state index is 0.284. The van der Waals surface area contributed by atoms with Crippen LogP contribution in [0.2, 0.25) is 10.6 Å². The number of benzene rings is 2. The van der Waals surface area contributed by atoms with Crippen LogP contribution in [0.15, 0.2) is 85.2 Å². The number of nitrogens with one attached hydrogen (secondary N) is 2. The Morgan fingerprint density at radius 2 is 1.02 bits per heavy atom. The zero-order chi connectivity index (χ0) is 36.2. The van der Waals surface area contributed by atoms with Crippen molar-refractivity contribution in [3.8, 4) is 0 Å². The molecule has 12 heteroatoms. The minimum absolute atomic E-state index is 0.284. The van der Waals surface area contributed by atoms with Crippen LogP contribution in [0.3, 0.4) is 0 Å². The molecule has 0 unspecified atom stereocenters. The molecule has 0 aliphatic carbocycles. The van der Waals surface area contributed by atoms with Crippen molar-refractivity contribution in [1.82, 2.24) is 39.7 Å². The van der Waals surface area contributed by atoms with Crippen LogP contribution >= 0.6 is 23.2 Å². The summed E-state index contributed by atoms with van der Waals surface area (Å²) in [6, 6.07) is 26.2. The van der Waals surface area contributed by atoms with E-state index in [4.69, 9.17) is 23.2 Å². The molecule has 272 valence electrons. The summed E-state index contributed by atoms with van der Waals surface area (Å²) < 4.78 is 0. The number of fused-ring (bicyclic) bond motifs is 2. The standard InChI is InChI=1S/2C20H24ClN5/c2*1-14-9-11-26(12-15-6-4-3-5-7-15)13-17(14)25(2)19-16-8-10-22-18(16)23-20(21)24-19/h2*3-8,10,14,17H,9,11-13H2,1-2H3,(H,22,23,24)/t2*14-,17+/m10/s1. The van der Waals surface area contributed by atoms with E-state index in [0.717, 1.165) is 73.0 Å². The number of likely N-dealkylation sites (N-methyl/N-ethyl adjacent to an activating group) is 2. The van der Waals surface area contributed by atoms with Crippen LogP contribution in [0.5, 0.6) is 0 Å². The fraction of sp³-hybridized carbons (Fsp3) is 0.400. The number of anilines is 2. The highest BCUT2D eigenvalue weighted by Gasteiger charge is 2.32. The third kappa shape index (κ3) is 8.20. The molecule has 2 aliphatic heterocycles. The molecule has 10 nitrogen and oxygen atoms in total. The predicted molar refractivity (Wildman–Crippen MR) is 213 cm³/mol. The van der Waals surface area contributed by atoms with Gasteiger partial charge in [-0.1, -0.05) is 74.5 Å². The maximum atomic E-state index is 6.16. The first-order chi connectivity index (χ1) is 25.2. The van der Waals surface area contributed by atoms with Crippen LogP contribution in [0.25, 0.3) is 22.1 Å². The molecule has 2 saturated heterocycles. The second-order valence-electron chi connectivity index (χ2n) is 14.4. The Labute approximate surface area is 316 Å². The Morgan fingerprint density at radius 3 is 1.42 bits per heavy atom. The van der Waals surface area contributed by atoms with E-state index in [1.165, 1.54) is 24.0 Å².